The summed E-state index contributed by atoms with van der Waals surface area (Å²) < 4.78 is 1.70. The predicted octanol–water partition coefficient (Wildman–Crippen LogP) is 0.612. The highest BCUT2D eigenvalue weighted by Crippen LogP contribution is 2.09. The van der Waals surface area contributed by atoms with Gasteiger partial charge in [0.15, 0.2) is 0 Å². The molecule has 0 aliphatic carbocycles. The van der Waals surface area contributed by atoms with Crippen molar-refractivity contribution in [1.82, 2.24) is 14.8 Å². The molecule has 0 amide bonds. The van der Waals surface area contributed by atoms with Crippen LogP contribution in [0.1, 0.15) is 25.8 Å². The fraction of sp³-hybridized carbons (Fsp3) is 0.714. The van der Waals surface area contributed by atoms with Gasteiger partial charge in [0.25, 0.3) is 0 Å². The average Bonchev–Trinajstić information content (AvgIpc) is 2.52. The predicted molar refractivity (Wildman–Crippen MR) is 41.1 cm³/mol. The Hall–Kier alpha value is -0.900. The summed E-state index contributed by atoms with van der Waals surface area (Å²) in [6.07, 6.45) is 5.11. The minimum absolute atomic E-state index is 0.0995. The molecule has 0 bridgehead atoms. The smallest absolute Gasteiger partial charge is 0.137 e. The van der Waals surface area contributed by atoms with Crippen molar-refractivity contribution in [3.8, 4) is 0 Å². The molecule has 1 aromatic heterocycles. The highest BCUT2D eigenvalue weighted by Gasteiger charge is 2.07. The molecule has 62 valence electrons. The van der Waals surface area contributed by atoms with Crippen LogP contribution in [0.15, 0.2) is 12.7 Å². The highest BCUT2D eigenvalue weighted by molar-refractivity contribution is 4.66. The Labute approximate surface area is 65.9 Å². The van der Waals surface area contributed by atoms with Gasteiger partial charge in [-0.2, -0.15) is 5.10 Å². The Bertz CT molecular complexity index is 186. The number of rotatable bonds is 4. The largest absolute Gasteiger partial charge is 0.394 e. The zero-order chi connectivity index (χ0) is 8.10. The summed E-state index contributed by atoms with van der Waals surface area (Å²) in [5.41, 5.74) is 0. The van der Waals surface area contributed by atoms with Gasteiger partial charge in [-0.3, -0.25) is 0 Å². The molecule has 0 radical (unpaired) electrons. The van der Waals surface area contributed by atoms with Gasteiger partial charge in [0.2, 0.25) is 0 Å². The molecule has 4 nitrogen and oxygen atoms in total. The number of hydrogen-bond donors (Lipinski definition) is 1. The molecule has 0 fully saturated rings. The molecule has 0 saturated carbocycles. The SMILES string of the molecule is CCCC(CO)n1cncn1. The van der Waals surface area contributed by atoms with E-state index in [1.54, 1.807) is 11.0 Å². The lowest BCUT2D eigenvalue weighted by atomic mass is 10.2. The summed E-state index contributed by atoms with van der Waals surface area (Å²) in [6.45, 7) is 2.22. The fourth-order valence-corrected chi connectivity index (χ4v) is 1.05. The Kier molecular flexibility index (Phi) is 3.04. The molecule has 0 aromatic carbocycles. The van der Waals surface area contributed by atoms with Gasteiger partial charge in [-0.1, -0.05) is 13.3 Å². The summed E-state index contributed by atoms with van der Waals surface area (Å²) in [4.78, 5) is 3.81. The lowest BCUT2D eigenvalue weighted by molar-refractivity contribution is 0.209. The monoisotopic (exact) mass is 155 g/mol. The van der Waals surface area contributed by atoms with Crippen LogP contribution in [-0.2, 0) is 0 Å². The third kappa shape index (κ3) is 2.01. The maximum Gasteiger partial charge on any atom is 0.137 e. The lowest BCUT2D eigenvalue weighted by Gasteiger charge is -2.11. The molecule has 4 heteroatoms. The topological polar surface area (TPSA) is 50.9 Å². The first kappa shape index (κ1) is 8.20. The summed E-state index contributed by atoms with van der Waals surface area (Å²) >= 11 is 0. The van der Waals surface area contributed by atoms with Gasteiger partial charge in [-0.15, -0.1) is 0 Å². The van der Waals surface area contributed by atoms with Crippen molar-refractivity contribution >= 4 is 0 Å². The second-order valence-corrected chi connectivity index (χ2v) is 2.50. The Balaban J connectivity index is 2.56. The standard InChI is InChI=1S/C7H13N3O/c1-2-3-7(4-11)10-6-8-5-9-10/h5-7,11H,2-4H2,1H3. The summed E-state index contributed by atoms with van der Waals surface area (Å²) in [5, 5.41) is 12.9. The minimum atomic E-state index is 0.0995. The molecule has 0 aliphatic rings. The molecular formula is C7H13N3O. The van der Waals surface area contributed by atoms with E-state index in [9.17, 15) is 0 Å². The maximum atomic E-state index is 8.94. The van der Waals surface area contributed by atoms with E-state index in [1.807, 2.05) is 0 Å². The van der Waals surface area contributed by atoms with Crippen LogP contribution in [0.5, 0.6) is 0 Å². The molecule has 1 rings (SSSR count). The average molecular weight is 155 g/mol. The van der Waals surface area contributed by atoms with E-state index in [4.69, 9.17) is 5.11 Å². The van der Waals surface area contributed by atoms with Gasteiger partial charge in [0.1, 0.15) is 12.7 Å². The zero-order valence-electron chi connectivity index (χ0n) is 6.64. The van der Waals surface area contributed by atoms with Gasteiger partial charge in [-0.25, -0.2) is 9.67 Å². The molecule has 1 aromatic rings. The van der Waals surface area contributed by atoms with Crippen LogP contribution in [0.3, 0.4) is 0 Å². The van der Waals surface area contributed by atoms with Crippen molar-refractivity contribution in [2.45, 2.75) is 25.8 Å². The molecular weight excluding hydrogens is 142 g/mol. The van der Waals surface area contributed by atoms with Gasteiger partial charge in [0.05, 0.1) is 12.6 Å². The lowest BCUT2D eigenvalue weighted by Crippen LogP contribution is -2.13. The second-order valence-electron chi connectivity index (χ2n) is 2.50. The molecule has 0 spiro atoms. The van der Waals surface area contributed by atoms with E-state index in [0.29, 0.717) is 0 Å². The van der Waals surface area contributed by atoms with Crippen molar-refractivity contribution in [2.24, 2.45) is 0 Å². The van der Waals surface area contributed by atoms with Gasteiger partial charge < -0.3 is 5.11 Å². The summed E-state index contributed by atoms with van der Waals surface area (Å²) in [7, 11) is 0. The van der Waals surface area contributed by atoms with Crippen LogP contribution in [0.2, 0.25) is 0 Å². The Morgan fingerprint density at radius 2 is 2.45 bits per heavy atom. The van der Waals surface area contributed by atoms with Crippen molar-refractivity contribution in [2.75, 3.05) is 6.61 Å². The van der Waals surface area contributed by atoms with E-state index < -0.39 is 0 Å². The number of aromatic nitrogens is 3. The molecule has 0 aliphatic heterocycles. The fourth-order valence-electron chi connectivity index (χ4n) is 1.05. The van der Waals surface area contributed by atoms with Crippen molar-refractivity contribution in [3.63, 3.8) is 0 Å². The van der Waals surface area contributed by atoms with Gasteiger partial charge >= 0.3 is 0 Å². The number of nitrogens with zero attached hydrogens (tertiary/aromatic N) is 3. The summed E-state index contributed by atoms with van der Waals surface area (Å²) in [6, 6.07) is 0.0995. The first-order chi connectivity index (χ1) is 5.38. The highest BCUT2D eigenvalue weighted by atomic mass is 16.3. The first-order valence-electron chi connectivity index (χ1n) is 3.83. The number of hydrogen-bond acceptors (Lipinski definition) is 3. The summed E-state index contributed by atoms with van der Waals surface area (Å²) in [5.74, 6) is 0. The number of aliphatic hydroxyl groups is 1. The molecule has 1 heterocycles. The minimum Gasteiger partial charge on any atom is -0.394 e. The number of aliphatic hydroxyl groups excluding tert-OH is 1. The molecule has 1 unspecified atom stereocenters. The van der Waals surface area contributed by atoms with E-state index in [-0.39, 0.29) is 12.6 Å². The molecule has 1 N–H and O–H groups in total. The van der Waals surface area contributed by atoms with Crippen LogP contribution in [0.25, 0.3) is 0 Å². The third-order valence-corrected chi connectivity index (χ3v) is 1.64. The van der Waals surface area contributed by atoms with E-state index in [0.717, 1.165) is 12.8 Å². The normalized spacial score (nSPS) is 13.3. The van der Waals surface area contributed by atoms with Crippen molar-refractivity contribution in [1.29, 1.82) is 0 Å². The first-order valence-corrected chi connectivity index (χ1v) is 3.83. The van der Waals surface area contributed by atoms with Gasteiger partial charge in [0, 0.05) is 0 Å². The van der Waals surface area contributed by atoms with Crippen LogP contribution in [0.4, 0.5) is 0 Å². The van der Waals surface area contributed by atoms with Crippen LogP contribution < -0.4 is 0 Å². The van der Waals surface area contributed by atoms with Crippen molar-refractivity contribution < 1.29 is 5.11 Å². The van der Waals surface area contributed by atoms with E-state index in [2.05, 4.69) is 17.0 Å². The van der Waals surface area contributed by atoms with E-state index >= 15 is 0 Å². The zero-order valence-corrected chi connectivity index (χ0v) is 6.64. The van der Waals surface area contributed by atoms with Crippen LogP contribution in [0, 0.1) is 0 Å². The molecule has 11 heavy (non-hydrogen) atoms. The molecule has 1 atom stereocenters. The third-order valence-electron chi connectivity index (χ3n) is 1.64. The molecule has 0 saturated heterocycles. The maximum absolute atomic E-state index is 8.94. The quantitative estimate of drug-likeness (QED) is 0.693. The van der Waals surface area contributed by atoms with E-state index in [1.165, 1.54) is 6.33 Å². The second kappa shape index (κ2) is 4.08. The Morgan fingerprint density at radius 3 is 2.91 bits per heavy atom. The van der Waals surface area contributed by atoms with Crippen molar-refractivity contribution in [3.05, 3.63) is 12.7 Å². The van der Waals surface area contributed by atoms with Gasteiger partial charge in [-0.05, 0) is 6.42 Å². The Morgan fingerprint density at radius 1 is 1.64 bits per heavy atom. The van der Waals surface area contributed by atoms with Crippen LogP contribution in [-0.4, -0.2) is 26.5 Å². The van der Waals surface area contributed by atoms with Crippen LogP contribution >= 0.6 is 0 Å².